The van der Waals surface area contributed by atoms with Crippen LogP contribution in [0.5, 0.6) is 0 Å². The van der Waals surface area contributed by atoms with E-state index < -0.39 is 0 Å². The monoisotopic (exact) mass is 307 g/mol. The largest absolute Gasteiger partial charge is 0.324 e. The summed E-state index contributed by atoms with van der Waals surface area (Å²) in [5.41, 5.74) is 1.93. The highest BCUT2D eigenvalue weighted by Crippen LogP contribution is 2.29. The summed E-state index contributed by atoms with van der Waals surface area (Å²) < 4.78 is 2.11. The van der Waals surface area contributed by atoms with Gasteiger partial charge in [-0.3, -0.25) is 0 Å². The molecule has 1 aromatic carbocycles. The molecular formula is C18H21N5. The lowest BCUT2D eigenvalue weighted by Crippen LogP contribution is -2.11. The normalized spacial score (nSPS) is 16.3. The van der Waals surface area contributed by atoms with Crippen molar-refractivity contribution in [2.24, 2.45) is 0 Å². The van der Waals surface area contributed by atoms with Crippen molar-refractivity contribution in [1.29, 1.82) is 0 Å². The van der Waals surface area contributed by atoms with Crippen LogP contribution in [0.15, 0.2) is 42.7 Å². The first-order valence-electron chi connectivity index (χ1n) is 8.42. The number of aromatic nitrogens is 4. The van der Waals surface area contributed by atoms with Gasteiger partial charge in [0.1, 0.15) is 0 Å². The number of anilines is 2. The molecule has 3 aromatic rings. The molecule has 0 radical (unpaired) electrons. The maximum atomic E-state index is 4.71. The molecule has 0 bridgehead atoms. The van der Waals surface area contributed by atoms with E-state index in [0.29, 0.717) is 12.0 Å². The number of rotatable bonds is 3. The summed E-state index contributed by atoms with van der Waals surface area (Å²) in [5.74, 6) is 0.624. The zero-order valence-electron chi connectivity index (χ0n) is 13.2. The van der Waals surface area contributed by atoms with Crippen molar-refractivity contribution in [1.82, 2.24) is 19.7 Å². The smallest absolute Gasteiger partial charge is 0.229 e. The predicted molar refractivity (Wildman–Crippen MR) is 91.8 cm³/mol. The molecule has 1 aliphatic rings. The third-order valence-corrected chi connectivity index (χ3v) is 4.53. The molecule has 0 saturated heterocycles. The Labute approximate surface area is 135 Å². The Morgan fingerprint density at radius 2 is 1.74 bits per heavy atom. The Morgan fingerprint density at radius 3 is 2.52 bits per heavy atom. The fourth-order valence-electron chi connectivity index (χ4n) is 3.32. The molecule has 118 valence electrons. The van der Waals surface area contributed by atoms with Crippen LogP contribution in [0.25, 0.3) is 11.0 Å². The topological polar surface area (TPSA) is 55.6 Å². The predicted octanol–water partition coefficient (Wildman–Crippen LogP) is 4.47. The van der Waals surface area contributed by atoms with Gasteiger partial charge in [-0.05, 0) is 25.0 Å². The molecule has 0 spiro atoms. The van der Waals surface area contributed by atoms with Crippen molar-refractivity contribution in [3.05, 3.63) is 42.7 Å². The van der Waals surface area contributed by atoms with E-state index in [0.717, 1.165) is 16.7 Å². The molecule has 5 nitrogen and oxygen atoms in total. The number of hydrogen-bond acceptors (Lipinski definition) is 4. The van der Waals surface area contributed by atoms with Gasteiger partial charge < -0.3 is 5.32 Å². The highest BCUT2D eigenvalue weighted by Gasteiger charge is 2.18. The Kier molecular flexibility index (Phi) is 3.92. The van der Waals surface area contributed by atoms with Crippen molar-refractivity contribution in [3.63, 3.8) is 0 Å². The Hall–Kier alpha value is -2.43. The average molecular weight is 307 g/mol. The van der Waals surface area contributed by atoms with Crippen LogP contribution in [-0.2, 0) is 0 Å². The van der Waals surface area contributed by atoms with Gasteiger partial charge in [0.2, 0.25) is 5.95 Å². The van der Waals surface area contributed by atoms with E-state index in [2.05, 4.69) is 20.1 Å². The maximum Gasteiger partial charge on any atom is 0.229 e. The highest BCUT2D eigenvalue weighted by atomic mass is 15.3. The van der Waals surface area contributed by atoms with Crippen LogP contribution in [0.2, 0.25) is 0 Å². The molecular weight excluding hydrogens is 286 g/mol. The fourth-order valence-corrected chi connectivity index (χ4v) is 3.32. The molecule has 1 N–H and O–H groups in total. The summed E-state index contributed by atoms with van der Waals surface area (Å²) in [7, 11) is 0. The zero-order valence-corrected chi connectivity index (χ0v) is 13.2. The molecule has 4 rings (SSSR count). The quantitative estimate of drug-likeness (QED) is 0.726. The maximum absolute atomic E-state index is 4.71. The SMILES string of the molecule is c1ccc(Nc2ncc3cnn(C4CCCCCC4)c3n2)cc1. The number of nitrogens with zero attached hydrogens (tertiary/aromatic N) is 4. The third kappa shape index (κ3) is 3.04. The number of benzene rings is 1. The minimum Gasteiger partial charge on any atom is -0.324 e. The van der Waals surface area contributed by atoms with Crippen LogP contribution >= 0.6 is 0 Å². The van der Waals surface area contributed by atoms with Crippen LogP contribution in [-0.4, -0.2) is 19.7 Å². The third-order valence-electron chi connectivity index (χ3n) is 4.53. The van der Waals surface area contributed by atoms with Gasteiger partial charge in [0.15, 0.2) is 5.65 Å². The molecule has 0 aliphatic heterocycles. The van der Waals surface area contributed by atoms with Gasteiger partial charge in [-0.2, -0.15) is 10.1 Å². The van der Waals surface area contributed by atoms with Crippen LogP contribution in [0.4, 0.5) is 11.6 Å². The van der Waals surface area contributed by atoms with Gasteiger partial charge >= 0.3 is 0 Å². The fraction of sp³-hybridized carbons (Fsp3) is 0.389. The van der Waals surface area contributed by atoms with E-state index in [9.17, 15) is 0 Å². The summed E-state index contributed by atoms with van der Waals surface area (Å²) in [6, 6.07) is 10.5. The van der Waals surface area contributed by atoms with Crippen molar-refractivity contribution >= 4 is 22.7 Å². The molecule has 23 heavy (non-hydrogen) atoms. The molecule has 2 heterocycles. The Morgan fingerprint density at radius 1 is 0.957 bits per heavy atom. The van der Waals surface area contributed by atoms with Crippen LogP contribution in [0.1, 0.15) is 44.6 Å². The molecule has 5 heteroatoms. The second-order valence-electron chi connectivity index (χ2n) is 6.20. The van der Waals surface area contributed by atoms with Crippen LogP contribution < -0.4 is 5.32 Å². The van der Waals surface area contributed by atoms with Gasteiger partial charge in [-0.1, -0.05) is 43.9 Å². The second kappa shape index (κ2) is 6.36. The van der Waals surface area contributed by atoms with Gasteiger partial charge in [-0.15, -0.1) is 0 Å². The van der Waals surface area contributed by atoms with Gasteiger partial charge in [0.25, 0.3) is 0 Å². The van der Waals surface area contributed by atoms with E-state index >= 15 is 0 Å². The summed E-state index contributed by atoms with van der Waals surface area (Å²) in [5, 5.41) is 8.87. The van der Waals surface area contributed by atoms with Crippen molar-refractivity contribution in [3.8, 4) is 0 Å². The van der Waals surface area contributed by atoms with E-state index in [-0.39, 0.29) is 0 Å². The number of fused-ring (bicyclic) bond motifs is 1. The lowest BCUT2D eigenvalue weighted by atomic mass is 10.1. The summed E-state index contributed by atoms with van der Waals surface area (Å²) in [4.78, 5) is 9.12. The summed E-state index contributed by atoms with van der Waals surface area (Å²) >= 11 is 0. The first-order valence-corrected chi connectivity index (χ1v) is 8.42. The lowest BCUT2D eigenvalue weighted by Gasteiger charge is -2.15. The minimum atomic E-state index is 0.467. The van der Waals surface area contributed by atoms with Crippen molar-refractivity contribution < 1.29 is 0 Å². The van der Waals surface area contributed by atoms with Gasteiger partial charge in [0, 0.05) is 11.9 Å². The first kappa shape index (κ1) is 14.2. The Balaban J connectivity index is 1.65. The van der Waals surface area contributed by atoms with Gasteiger partial charge in [-0.25, -0.2) is 9.67 Å². The first-order chi connectivity index (χ1) is 11.4. The molecule has 1 aliphatic carbocycles. The highest BCUT2D eigenvalue weighted by molar-refractivity contribution is 5.75. The van der Waals surface area contributed by atoms with Crippen LogP contribution in [0.3, 0.4) is 0 Å². The standard InChI is InChI=1S/C18H21N5/c1-2-7-11-16(10-6-1)23-17-14(13-20-23)12-19-18(22-17)21-15-8-4-3-5-9-15/h3-5,8-9,12-13,16H,1-2,6-7,10-11H2,(H,19,21,22). The van der Waals surface area contributed by atoms with E-state index in [1.54, 1.807) is 0 Å². The molecule has 1 saturated carbocycles. The van der Waals surface area contributed by atoms with Gasteiger partial charge in [0.05, 0.1) is 17.6 Å². The second-order valence-corrected chi connectivity index (χ2v) is 6.20. The molecule has 0 amide bonds. The Bertz CT molecular complexity index is 772. The van der Waals surface area contributed by atoms with E-state index in [4.69, 9.17) is 4.98 Å². The molecule has 1 fully saturated rings. The lowest BCUT2D eigenvalue weighted by molar-refractivity contribution is 0.415. The summed E-state index contributed by atoms with van der Waals surface area (Å²) in [6.07, 6.45) is 11.4. The van der Waals surface area contributed by atoms with Crippen LogP contribution in [0, 0.1) is 0 Å². The minimum absolute atomic E-state index is 0.467. The zero-order chi connectivity index (χ0) is 15.5. The average Bonchev–Trinajstić information content (AvgIpc) is 2.81. The van der Waals surface area contributed by atoms with Crippen molar-refractivity contribution in [2.45, 2.75) is 44.6 Å². The number of para-hydroxylation sites is 1. The van der Waals surface area contributed by atoms with E-state index in [1.165, 1.54) is 38.5 Å². The molecule has 0 atom stereocenters. The number of hydrogen-bond donors (Lipinski definition) is 1. The number of nitrogens with one attached hydrogen (secondary N) is 1. The molecule has 2 aromatic heterocycles. The summed E-state index contributed by atoms with van der Waals surface area (Å²) in [6.45, 7) is 0. The van der Waals surface area contributed by atoms with Crippen molar-refractivity contribution in [2.75, 3.05) is 5.32 Å². The molecule has 0 unspecified atom stereocenters. The van der Waals surface area contributed by atoms with E-state index in [1.807, 2.05) is 42.7 Å².